The molecule has 2 aliphatic rings. The van der Waals surface area contributed by atoms with Gasteiger partial charge >= 0.3 is 6.03 Å². The molecule has 3 heterocycles. The molecule has 7 heteroatoms. The zero-order valence-electron chi connectivity index (χ0n) is 21.2. The maximum atomic E-state index is 14.6. The van der Waals surface area contributed by atoms with Gasteiger partial charge in [-0.15, -0.1) is 0 Å². The number of anilines is 2. The first-order valence-electron chi connectivity index (χ1n) is 12.7. The van der Waals surface area contributed by atoms with E-state index in [1.165, 1.54) is 6.07 Å². The monoisotopic (exact) mass is 488 g/mol. The van der Waals surface area contributed by atoms with E-state index in [2.05, 4.69) is 16.0 Å². The predicted octanol–water partition coefficient (Wildman–Crippen LogP) is 5.93. The fourth-order valence-corrected chi connectivity index (χ4v) is 5.33. The van der Waals surface area contributed by atoms with Crippen LogP contribution in [0.1, 0.15) is 43.5 Å². The minimum absolute atomic E-state index is 0.0112. The Hall–Kier alpha value is -3.61. The van der Waals surface area contributed by atoms with Crippen LogP contribution >= 0.6 is 0 Å². The van der Waals surface area contributed by atoms with Crippen LogP contribution < -0.4 is 14.5 Å². The number of amides is 2. The molecule has 0 aliphatic carbocycles. The van der Waals surface area contributed by atoms with Gasteiger partial charge in [-0.3, -0.25) is 9.88 Å². The maximum absolute atomic E-state index is 14.6. The van der Waals surface area contributed by atoms with Gasteiger partial charge in [-0.2, -0.15) is 0 Å². The zero-order chi connectivity index (χ0) is 25.2. The smallest absolute Gasteiger partial charge is 0.325 e. The Morgan fingerprint density at radius 1 is 1.06 bits per heavy atom. The van der Waals surface area contributed by atoms with E-state index in [1.807, 2.05) is 67.0 Å². The van der Waals surface area contributed by atoms with E-state index < -0.39 is 0 Å². The number of hydrogen-bond acceptors (Lipinski definition) is 4. The molecule has 0 N–H and O–H groups in total. The number of benzene rings is 2. The number of ether oxygens (including phenoxy) is 1. The van der Waals surface area contributed by atoms with E-state index in [-0.39, 0.29) is 24.0 Å². The van der Waals surface area contributed by atoms with Crippen molar-refractivity contribution < 1.29 is 13.9 Å². The molecule has 3 aromatic rings. The Morgan fingerprint density at radius 3 is 2.58 bits per heavy atom. The molecule has 1 saturated heterocycles. The number of carbonyl (C=O) groups excluding carboxylic acids is 1. The summed E-state index contributed by atoms with van der Waals surface area (Å²) in [4.78, 5) is 24.4. The topological polar surface area (TPSA) is 48.9 Å². The number of fused-ring (bicyclic) bond motifs is 1. The highest BCUT2D eigenvalue weighted by Gasteiger charge is 2.37. The number of halogens is 1. The molecular formula is C29H33FN4O2. The SMILES string of the molecule is Cc1cccc(F)c1N1CCC(N2Cc3ccccc3N(Cc3ncccc3OC(C)C)C2=O)CC1. The number of aromatic nitrogens is 1. The molecule has 2 aromatic carbocycles. The van der Waals surface area contributed by atoms with Gasteiger partial charge in [0.05, 0.1) is 24.0 Å². The largest absolute Gasteiger partial charge is 0.489 e. The second kappa shape index (κ2) is 10.2. The average Bonchev–Trinajstić information content (AvgIpc) is 2.87. The molecule has 1 aromatic heterocycles. The van der Waals surface area contributed by atoms with Gasteiger partial charge in [-0.1, -0.05) is 30.3 Å². The van der Waals surface area contributed by atoms with Crippen LogP contribution in [0.3, 0.4) is 0 Å². The molecule has 0 unspecified atom stereocenters. The van der Waals surface area contributed by atoms with Gasteiger partial charge in [0.25, 0.3) is 0 Å². The van der Waals surface area contributed by atoms with E-state index in [9.17, 15) is 9.18 Å². The molecule has 1 fully saturated rings. The lowest BCUT2D eigenvalue weighted by atomic mass is 9.99. The molecule has 2 aliphatic heterocycles. The van der Waals surface area contributed by atoms with E-state index in [4.69, 9.17) is 4.74 Å². The van der Waals surface area contributed by atoms with Crippen molar-refractivity contribution in [1.29, 1.82) is 0 Å². The standard InChI is InChI=1S/C29H33FN4O2/c1-20(2)36-27-12-7-15-31-25(27)19-34-26-11-5-4-9-22(26)18-33(29(34)35)23-13-16-32(17-14-23)28-21(3)8-6-10-24(28)30/h4-12,15,20,23H,13-14,16-19H2,1-3H3. The first-order valence-corrected chi connectivity index (χ1v) is 12.7. The van der Waals surface area contributed by atoms with E-state index in [0.717, 1.165) is 35.3 Å². The van der Waals surface area contributed by atoms with Crippen LogP contribution in [0.5, 0.6) is 5.75 Å². The fraction of sp³-hybridized carbons (Fsp3) is 0.379. The number of rotatable bonds is 6. The van der Waals surface area contributed by atoms with Crippen molar-refractivity contribution in [3.63, 3.8) is 0 Å². The number of nitrogens with zero attached hydrogens (tertiary/aromatic N) is 4. The van der Waals surface area contributed by atoms with Gasteiger partial charge in [0, 0.05) is 31.9 Å². The number of urea groups is 1. The molecular weight excluding hydrogens is 455 g/mol. The molecule has 5 rings (SSSR count). The van der Waals surface area contributed by atoms with Gasteiger partial charge in [-0.25, -0.2) is 9.18 Å². The van der Waals surface area contributed by atoms with Crippen molar-refractivity contribution >= 4 is 17.4 Å². The van der Waals surface area contributed by atoms with Gasteiger partial charge in [-0.05, 0) is 69.0 Å². The Balaban J connectivity index is 1.37. The van der Waals surface area contributed by atoms with Crippen LogP contribution in [0, 0.1) is 12.7 Å². The highest BCUT2D eigenvalue weighted by Crippen LogP contribution is 2.35. The summed E-state index contributed by atoms with van der Waals surface area (Å²) in [6, 6.07) is 17.1. The first-order chi connectivity index (χ1) is 17.4. The third kappa shape index (κ3) is 4.74. The molecule has 188 valence electrons. The van der Waals surface area contributed by atoms with Crippen molar-refractivity contribution in [3.8, 4) is 5.75 Å². The summed E-state index contributed by atoms with van der Waals surface area (Å²) < 4.78 is 20.5. The number of pyridine rings is 1. The summed E-state index contributed by atoms with van der Waals surface area (Å²) in [5.41, 5.74) is 4.39. The lowest BCUT2D eigenvalue weighted by Gasteiger charge is -2.44. The molecule has 0 radical (unpaired) electrons. The summed E-state index contributed by atoms with van der Waals surface area (Å²) in [7, 11) is 0. The summed E-state index contributed by atoms with van der Waals surface area (Å²) in [5, 5.41) is 0. The Kier molecular flexibility index (Phi) is 6.81. The van der Waals surface area contributed by atoms with Crippen molar-refractivity contribution in [1.82, 2.24) is 9.88 Å². The second-order valence-corrected chi connectivity index (χ2v) is 9.86. The third-order valence-corrected chi connectivity index (χ3v) is 7.03. The zero-order valence-corrected chi connectivity index (χ0v) is 21.2. The minimum atomic E-state index is -0.183. The van der Waals surface area contributed by atoms with E-state index >= 15 is 0 Å². The lowest BCUT2D eigenvalue weighted by molar-refractivity contribution is 0.159. The molecule has 6 nitrogen and oxygen atoms in total. The molecule has 0 saturated carbocycles. The number of para-hydroxylation sites is 2. The van der Waals surface area contributed by atoms with Crippen molar-refractivity contribution in [3.05, 3.63) is 83.4 Å². The first kappa shape index (κ1) is 24.1. The minimum Gasteiger partial charge on any atom is -0.489 e. The van der Waals surface area contributed by atoms with Gasteiger partial charge in [0.2, 0.25) is 0 Å². The summed E-state index contributed by atoms with van der Waals surface area (Å²) in [6.07, 6.45) is 3.33. The third-order valence-electron chi connectivity index (χ3n) is 7.03. The molecule has 0 atom stereocenters. The van der Waals surface area contributed by atoms with Crippen LogP contribution in [0.4, 0.5) is 20.6 Å². The number of aryl methyl sites for hydroxylation is 1. The van der Waals surface area contributed by atoms with E-state index in [0.29, 0.717) is 37.6 Å². The van der Waals surface area contributed by atoms with Gasteiger partial charge in [0.15, 0.2) is 0 Å². The Morgan fingerprint density at radius 2 is 1.83 bits per heavy atom. The average molecular weight is 489 g/mol. The van der Waals surface area contributed by atoms with Crippen molar-refractivity contribution in [2.45, 2.75) is 58.8 Å². The Labute approximate surface area is 212 Å². The maximum Gasteiger partial charge on any atom is 0.325 e. The fourth-order valence-electron chi connectivity index (χ4n) is 5.33. The van der Waals surface area contributed by atoms with Crippen LogP contribution in [0.2, 0.25) is 0 Å². The van der Waals surface area contributed by atoms with Crippen LogP contribution in [0.25, 0.3) is 0 Å². The summed E-state index contributed by atoms with van der Waals surface area (Å²) in [6.45, 7) is 8.25. The van der Waals surface area contributed by atoms with Crippen LogP contribution in [0.15, 0.2) is 60.8 Å². The molecule has 2 amide bonds. The Bertz CT molecular complexity index is 1220. The van der Waals surface area contributed by atoms with Crippen LogP contribution in [-0.2, 0) is 13.1 Å². The number of piperidine rings is 1. The normalized spacial score (nSPS) is 16.5. The molecule has 0 spiro atoms. The second-order valence-electron chi connectivity index (χ2n) is 9.86. The highest BCUT2D eigenvalue weighted by atomic mass is 19.1. The summed E-state index contributed by atoms with van der Waals surface area (Å²) in [5.74, 6) is 0.515. The van der Waals surface area contributed by atoms with Crippen LogP contribution in [-0.4, -0.2) is 41.2 Å². The number of carbonyl (C=O) groups is 1. The van der Waals surface area contributed by atoms with E-state index in [1.54, 1.807) is 12.3 Å². The molecule has 0 bridgehead atoms. The van der Waals surface area contributed by atoms with Crippen molar-refractivity contribution in [2.24, 2.45) is 0 Å². The predicted molar refractivity (Wildman–Crippen MR) is 140 cm³/mol. The lowest BCUT2D eigenvalue weighted by Crippen LogP contribution is -2.54. The molecule has 36 heavy (non-hydrogen) atoms. The van der Waals surface area contributed by atoms with Gasteiger partial charge < -0.3 is 14.5 Å². The van der Waals surface area contributed by atoms with Crippen molar-refractivity contribution in [2.75, 3.05) is 22.9 Å². The summed E-state index contributed by atoms with van der Waals surface area (Å²) >= 11 is 0. The van der Waals surface area contributed by atoms with Gasteiger partial charge in [0.1, 0.15) is 17.3 Å². The quantitative estimate of drug-likeness (QED) is 0.432. The highest BCUT2D eigenvalue weighted by molar-refractivity contribution is 5.95. The number of hydrogen-bond donors (Lipinski definition) is 0.